The number of nitrogens with one attached hydrogen (secondary N) is 1. The Kier molecular flexibility index (Phi) is 5.84. The van der Waals surface area contributed by atoms with Gasteiger partial charge in [-0.05, 0) is 18.6 Å². The molecule has 1 aliphatic rings. The second-order valence-electron chi connectivity index (χ2n) is 8.04. The minimum absolute atomic E-state index is 0.180. The Bertz CT molecular complexity index is 1280. The first-order chi connectivity index (χ1) is 16.6. The van der Waals surface area contributed by atoms with Crippen molar-refractivity contribution >= 4 is 23.4 Å². The molecular weight excluding hydrogens is 438 g/mol. The molecule has 1 atom stereocenters. The van der Waals surface area contributed by atoms with Crippen LogP contribution in [0.5, 0.6) is 17.2 Å². The van der Waals surface area contributed by atoms with Gasteiger partial charge in [-0.2, -0.15) is 9.97 Å². The number of hydrogen-bond acceptors (Lipinski definition) is 9. The van der Waals surface area contributed by atoms with Crippen molar-refractivity contribution in [1.29, 1.82) is 0 Å². The van der Waals surface area contributed by atoms with E-state index in [1.165, 1.54) is 0 Å². The maximum Gasteiger partial charge on any atom is 0.233 e. The van der Waals surface area contributed by atoms with Gasteiger partial charge in [0.15, 0.2) is 17.3 Å². The van der Waals surface area contributed by atoms with E-state index in [-0.39, 0.29) is 12.5 Å². The zero-order chi connectivity index (χ0) is 23.7. The first-order valence-electron chi connectivity index (χ1n) is 11.0. The van der Waals surface area contributed by atoms with Crippen LogP contribution >= 0.6 is 0 Å². The number of hydrogen-bond donors (Lipinski definition) is 2. The Morgan fingerprint density at radius 3 is 2.59 bits per heavy atom. The average molecular weight is 466 g/mol. The zero-order valence-corrected chi connectivity index (χ0v) is 19.3. The molecule has 0 spiro atoms. The molecule has 11 nitrogen and oxygen atoms in total. The number of ether oxygens (including phenoxy) is 3. The molecule has 0 bridgehead atoms. The van der Waals surface area contributed by atoms with E-state index in [4.69, 9.17) is 19.2 Å². The quantitative estimate of drug-likeness (QED) is 0.405. The molecule has 1 fully saturated rings. The summed E-state index contributed by atoms with van der Waals surface area (Å²) in [5, 5.41) is 12.7. The Morgan fingerprint density at radius 2 is 1.91 bits per heavy atom. The molecule has 0 unspecified atom stereocenters. The normalized spacial score (nSPS) is 15.6. The van der Waals surface area contributed by atoms with Crippen molar-refractivity contribution in [1.82, 2.24) is 23.9 Å². The minimum Gasteiger partial charge on any atom is -0.493 e. The van der Waals surface area contributed by atoms with Crippen molar-refractivity contribution in [2.75, 3.05) is 51.2 Å². The maximum atomic E-state index is 9.53. The van der Waals surface area contributed by atoms with Crippen molar-refractivity contribution in [2.45, 2.75) is 6.42 Å². The molecule has 1 aromatic carbocycles. The summed E-state index contributed by atoms with van der Waals surface area (Å²) in [6.45, 7) is 1.78. The number of fused-ring (bicyclic) bond motifs is 1. The van der Waals surface area contributed by atoms with Gasteiger partial charge in [0.05, 0.1) is 33.2 Å². The van der Waals surface area contributed by atoms with E-state index in [1.807, 2.05) is 45.6 Å². The summed E-state index contributed by atoms with van der Waals surface area (Å²) in [5.74, 6) is 3.72. The van der Waals surface area contributed by atoms with Crippen LogP contribution in [-0.2, 0) is 0 Å². The van der Waals surface area contributed by atoms with Crippen molar-refractivity contribution < 1.29 is 19.3 Å². The summed E-state index contributed by atoms with van der Waals surface area (Å²) >= 11 is 0. The van der Waals surface area contributed by atoms with Crippen LogP contribution in [0.15, 0.2) is 43.0 Å². The summed E-state index contributed by atoms with van der Waals surface area (Å²) in [7, 11) is 4.73. The van der Waals surface area contributed by atoms with Crippen LogP contribution < -0.4 is 24.4 Å². The molecule has 1 saturated heterocycles. The van der Waals surface area contributed by atoms with Gasteiger partial charge in [0.2, 0.25) is 17.6 Å². The molecule has 4 heterocycles. The van der Waals surface area contributed by atoms with Crippen LogP contribution in [0, 0.1) is 5.92 Å². The second-order valence-corrected chi connectivity index (χ2v) is 8.04. The van der Waals surface area contributed by atoms with E-state index in [0.29, 0.717) is 29.0 Å². The standard InChI is InChI=1S/C23H27N7O4/c1-32-17-9-16(10-18(33-2)21(17)34-3)29-12-19(24-14-29)25-22-26-20-5-4-7-30(20)23(27-22)28-8-6-15(11-28)13-31/h4-5,7,9-10,12,14-15,31H,6,8,11,13H2,1-3H3,(H,25,26)/t15-/m1/s1. The van der Waals surface area contributed by atoms with Crippen LogP contribution in [-0.4, -0.2) is 70.1 Å². The molecule has 0 amide bonds. The lowest BCUT2D eigenvalue weighted by Crippen LogP contribution is -2.24. The molecule has 0 saturated carbocycles. The van der Waals surface area contributed by atoms with Gasteiger partial charge in [0, 0.05) is 43.9 Å². The van der Waals surface area contributed by atoms with Crippen molar-refractivity contribution in [3.05, 3.63) is 43.0 Å². The highest BCUT2D eigenvalue weighted by atomic mass is 16.5. The number of aromatic nitrogens is 5. The fourth-order valence-electron chi connectivity index (χ4n) is 4.22. The summed E-state index contributed by atoms with van der Waals surface area (Å²) in [5.41, 5.74) is 1.58. The summed E-state index contributed by atoms with van der Waals surface area (Å²) in [6, 6.07) is 7.57. The average Bonchev–Trinajstić information content (AvgIpc) is 3.63. The summed E-state index contributed by atoms with van der Waals surface area (Å²) in [6.07, 6.45) is 6.40. The predicted octanol–water partition coefficient (Wildman–Crippen LogP) is 2.50. The van der Waals surface area contributed by atoms with Crippen molar-refractivity contribution in [3.63, 3.8) is 0 Å². The van der Waals surface area contributed by atoms with E-state index in [9.17, 15) is 5.11 Å². The highest BCUT2D eigenvalue weighted by molar-refractivity contribution is 5.60. The monoisotopic (exact) mass is 465 g/mol. The van der Waals surface area contributed by atoms with Gasteiger partial charge in [-0.3, -0.25) is 4.40 Å². The van der Waals surface area contributed by atoms with Gasteiger partial charge in [0.1, 0.15) is 12.0 Å². The van der Waals surface area contributed by atoms with Crippen LogP contribution in [0.2, 0.25) is 0 Å². The molecule has 34 heavy (non-hydrogen) atoms. The van der Waals surface area contributed by atoms with E-state index in [2.05, 4.69) is 20.2 Å². The summed E-state index contributed by atoms with van der Waals surface area (Å²) < 4.78 is 20.1. The lowest BCUT2D eigenvalue weighted by molar-refractivity contribution is 0.238. The minimum atomic E-state index is 0.180. The molecule has 3 aromatic heterocycles. The van der Waals surface area contributed by atoms with Crippen LogP contribution in [0.4, 0.5) is 17.7 Å². The molecule has 11 heteroatoms. The number of anilines is 3. The van der Waals surface area contributed by atoms with Gasteiger partial charge >= 0.3 is 0 Å². The topological polar surface area (TPSA) is 111 Å². The molecule has 2 N–H and O–H groups in total. The summed E-state index contributed by atoms with van der Waals surface area (Å²) in [4.78, 5) is 16.0. The third-order valence-corrected chi connectivity index (χ3v) is 5.97. The number of methoxy groups -OCH3 is 3. The van der Waals surface area contributed by atoms with Gasteiger partial charge in [-0.1, -0.05) is 0 Å². The Hall–Kier alpha value is -3.99. The van der Waals surface area contributed by atoms with E-state index in [0.717, 1.165) is 36.8 Å². The zero-order valence-electron chi connectivity index (χ0n) is 19.3. The first-order valence-corrected chi connectivity index (χ1v) is 11.0. The highest BCUT2D eigenvalue weighted by Crippen LogP contribution is 2.39. The molecule has 0 aliphatic carbocycles. The number of imidazole rings is 1. The van der Waals surface area contributed by atoms with Gasteiger partial charge in [-0.25, -0.2) is 4.98 Å². The van der Waals surface area contributed by atoms with Crippen LogP contribution in [0.3, 0.4) is 0 Å². The maximum absolute atomic E-state index is 9.53. The van der Waals surface area contributed by atoms with E-state index >= 15 is 0 Å². The lowest BCUT2D eigenvalue weighted by atomic mass is 10.1. The van der Waals surface area contributed by atoms with Crippen LogP contribution in [0.1, 0.15) is 6.42 Å². The lowest BCUT2D eigenvalue weighted by Gasteiger charge is -2.19. The van der Waals surface area contributed by atoms with Gasteiger partial charge < -0.3 is 34.1 Å². The molecular formula is C23H27N7O4. The van der Waals surface area contributed by atoms with Crippen molar-refractivity contribution in [2.24, 2.45) is 5.92 Å². The third-order valence-electron chi connectivity index (χ3n) is 5.97. The first kappa shape index (κ1) is 21.8. The number of benzene rings is 1. The number of aliphatic hydroxyl groups is 1. The molecule has 1 aliphatic heterocycles. The van der Waals surface area contributed by atoms with Gasteiger partial charge in [-0.15, -0.1) is 0 Å². The van der Waals surface area contributed by atoms with Crippen molar-refractivity contribution in [3.8, 4) is 22.9 Å². The second kappa shape index (κ2) is 9.10. The number of nitrogens with zero attached hydrogens (tertiary/aromatic N) is 6. The molecule has 4 aromatic rings. The fourth-order valence-corrected chi connectivity index (χ4v) is 4.22. The predicted molar refractivity (Wildman–Crippen MR) is 127 cm³/mol. The number of aliphatic hydroxyl groups excluding tert-OH is 1. The Morgan fingerprint density at radius 1 is 1.12 bits per heavy atom. The SMILES string of the molecule is COc1cc(-n2cnc(Nc3nc(N4CC[C@@H](CO)C4)n4cccc4n3)c2)cc(OC)c1OC. The van der Waals surface area contributed by atoms with Crippen LogP contribution in [0.25, 0.3) is 11.3 Å². The largest absolute Gasteiger partial charge is 0.493 e. The van der Waals surface area contributed by atoms with E-state index in [1.54, 1.807) is 27.7 Å². The van der Waals surface area contributed by atoms with E-state index < -0.39 is 0 Å². The number of rotatable bonds is 8. The van der Waals surface area contributed by atoms with Gasteiger partial charge in [0.25, 0.3) is 0 Å². The smallest absolute Gasteiger partial charge is 0.233 e. The third kappa shape index (κ3) is 3.94. The Balaban J connectivity index is 1.44. The molecule has 178 valence electrons. The molecule has 0 radical (unpaired) electrons. The fraction of sp³-hybridized carbons (Fsp3) is 0.348. The molecule has 5 rings (SSSR count). The highest BCUT2D eigenvalue weighted by Gasteiger charge is 2.25. The Labute approximate surface area is 196 Å².